The van der Waals surface area contributed by atoms with Gasteiger partial charge in [-0.3, -0.25) is 0 Å². The Labute approximate surface area is 97.0 Å². The Morgan fingerprint density at radius 1 is 0.786 bits per heavy atom. The molecule has 0 unspecified atom stereocenters. The predicted octanol–water partition coefficient (Wildman–Crippen LogP) is 3.47. The van der Waals surface area contributed by atoms with E-state index < -0.39 is 0 Å². The maximum atomic E-state index is 8.14. The summed E-state index contributed by atoms with van der Waals surface area (Å²) in [5.74, 6) is 2.30. The van der Waals surface area contributed by atoms with Crippen LogP contribution in [0.4, 0.5) is 0 Å². The predicted molar refractivity (Wildman–Crippen MR) is 67.0 cm³/mol. The first-order valence-corrected chi connectivity index (χ1v) is 7.45. The van der Waals surface area contributed by atoms with Crippen molar-refractivity contribution >= 4 is 15.2 Å². The van der Waals surface area contributed by atoms with Gasteiger partial charge in [0.1, 0.15) is 0 Å². The Bertz CT molecular complexity index is 92.5. The third kappa shape index (κ3) is 22.9. The molecule has 14 heavy (non-hydrogen) atoms. The van der Waals surface area contributed by atoms with Gasteiger partial charge >= 0.3 is 0 Å². The first kappa shape index (κ1) is 16.9. The van der Waals surface area contributed by atoms with Crippen LogP contribution in [0.25, 0.3) is 0 Å². The largest absolute Gasteiger partial charge is 0.396 e. The first-order chi connectivity index (χ1) is 6.40. The molecule has 0 atom stereocenters. The van der Waals surface area contributed by atoms with Crippen LogP contribution < -0.4 is 0 Å². The molecule has 85 valence electrons. The van der Waals surface area contributed by atoms with Gasteiger partial charge in [-0.05, 0) is 5.92 Å². The van der Waals surface area contributed by atoms with Crippen molar-refractivity contribution in [2.24, 2.45) is 17.8 Å². The van der Waals surface area contributed by atoms with Gasteiger partial charge in [-0.15, -0.1) is 10.6 Å². The summed E-state index contributed by atoms with van der Waals surface area (Å²) >= 11 is 0.755. The fourth-order valence-electron chi connectivity index (χ4n) is 0.763. The fourth-order valence-corrected chi connectivity index (χ4v) is 2.29. The van der Waals surface area contributed by atoms with Gasteiger partial charge in [0.25, 0.3) is 0 Å². The van der Waals surface area contributed by atoms with Crippen molar-refractivity contribution in [2.75, 3.05) is 6.61 Å². The molecule has 1 radical (unpaired) electrons. The Morgan fingerprint density at radius 3 is 1.21 bits per heavy atom. The highest BCUT2D eigenvalue weighted by Crippen LogP contribution is 2.05. The van der Waals surface area contributed by atoms with Crippen LogP contribution in [0, 0.1) is 17.8 Å². The highest BCUT2D eigenvalue weighted by Gasteiger charge is 1.98. The van der Waals surface area contributed by atoms with Gasteiger partial charge in [-0.2, -0.15) is 0 Å². The van der Waals surface area contributed by atoms with E-state index in [0.29, 0.717) is 12.5 Å². The quantitative estimate of drug-likeness (QED) is 0.696. The molecule has 1 N–H and O–H groups in total. The molecule has 2 heteroatoms. The molecule has 0 aliphatic heterocycles. The van der Waals surface area contributed by atoms with Crippen LogP contribution in [0.15, 0.2) is 0 Å². The van der Waals surface area contributed by atoms with Gasteiger partial charge in [0.2, 0.25) is 15.2 Å². The van der Waals surface area contributed by atoms with E-state index in [-0.39, 0.29) is 0 Å². The summed E-state index contributed by atoms with van der Waals surface area (Å²) in [5, 5.41) is 11.1. The summed E-state index contributed by atoms with van der Waals surface area (Å²) in [6, 6.07) is 0. The molecule has 0 heterocycles. The minimum atomic E-state index is 0.306. The van der Waals surface area contributed by atoms with Crippen LogP contribution in [0.5, 0.6) is 0 Å². The van der Waals surface area contributed by atoms with Gasteiger partial charge in [0, 0.05) is 6.61 Å². The van der Waals surface area contributed by atoms with E-state index >= 15 is 0 Å². The van der Waals surface area contributed by atoms with E-state index in [4.69, 9.17) is 5.11 Å². The fraction of sp³-hybridized carbons (Fsp3) is 1.00. The van der Waals surface area contributed by atoms with Crippen molar-refractivity contribution in [2.45, 2.75) is 52.1 Å². The summed E-state index contributed by atoms with van der Waals surface area (Å²) in [4.78, 5) is 0. The highest BCUT2D eigenvalue weighted by atomic mass is 27.1. The van der Waals surface area contributed by atoms with Gasteiger partial charge in [0.05, 0.1) is 0 Å². The van der Waals surface area contributed by atoms with Crippen LogP contribution in [0.2, 0.25) is 10.6 Å². The lowest BCUT2D eigenvalue weighted by Gasteiger charge is -2.03. The summed E-state index contributed by atoms with van der Waals surface area (Å²) < 4.78 is 0. The van der Waals surface area contributed by atoms with Crippen molar-refractivity contribution in [1.29, 1.82) is 0 Å². The highest BCUT2D eigenvalue weighted by molar-refractivity contribution is 6.35. The Balaban J connectivity index is 0. The lowest BCUT2D eigenvalue weighted by atomic mass is 10.2. The van der Waals surface area contributed by atoms with Crippen molar-refractivity contribution in [3.63, 3.8) is 0 Å². The average molecular weight is 215 g/mol. The monoisotopic (exact) mass is 215 g/mol. The van der Waals surface area contributed by atoms with Gasteiger partial charge < -0.3 is 5.11 Å². The van der Waals surface area contributed by atoms with Crippen LogP contribution >= 0.6 is 0 Å². The van der Waals surface area contributed by atoms with Crippen molar-refractivity contribution in [3.8, 4) is 0 Å². The van der Waals surface area contributed by atoms with Gasteiger partial charge in [-0.1, -0.05) is 53.4 Å². The molecule has 0 aromatic carbocycles. The van der Waals surface area contributed by atoms with Crippen LogP contribution in [-0.4, -0.2) is 26.9 Å². The molecule has 0 bridgehead atoms. The first-order valence-electron chi connectivity index (χ1n) is 5.82. The lowest BCUT2D eigenvalue weighted by Crippen LogP contribution is -1.99. The SMILES string of the molecule is CC(C)CO.CC(C)[CH2][Al][CH2]C(C)C. The zero-order chi connectivity index (χ0) is 11.6. The lowest BCUT2D eigenvalue weighted by molar-refractivity contribution is 0.248. The maximum Gasteiger partial charge on any atom is 0.200 e. The molecule has 0 aromatic heterocycles. The standard InChI is InChI=1S/C4H10O.2C4H9.Al/c1-4(2)3-5;2*1-4(2)3;/h4-5H,3H2,1-2H3;2*4H,1H2,2-3H3;. The smallest absolute Gasteiger partial charge is 0.200 e. The number of hydrogen-bond acceptors (Lipinski definition) is 1. The van der Waals surface area contributed by atoms with E-state index in [1.54, 1.807) is 0 Å². The third-order valence-electron chi connectivity index (χ3n) is 1.64. The van der Waals surface area contributed by atoms with E-state index in [9.17, 15) is 0 Å². The second-order valence-electron chi connectivity index (χ2n) is 5.12. The molecular weight excluding hydrogens is 187 g/mol. The van der Waals surface area contributed by atoms with Crippen molar-refractivity contribution < 1.29 is 5.11 Å². The molecule has 0 aromatic rings. The van der Waals surface area contributed by atoms with Crippen LogP contribution in [0.1, 0.15) is 41.5 Å². The molecule has 0 amide bonds. The molecule has 0 aliphatic rings. The average Bonchev–Trinajstić information content (AvgIpc) is 2.04. The second kappa shape index (κ2) is 11.6. The Hall–Kier alpha value is 0.492. The molecule has 0 spiro atoms. The molecule has 0 saturated carbocycles. The maximum absolute atomic E-state index is 8.14. The van der Waals surface area contributed by atoms with E-state index in [1.807, 2.05) is 13.8 Å². The molecule has 0 fully saturated rings. The summed E-state index contributed by atoms with van der Waals surface area (Å²) in [6.07, 6.45) is 0. The third-order valence-corrected chi connectivity index (χ3v) is 4.19. The minimum absolute atomic E-state index is 0.306. The molecule has 1 nitrogen and oxygen atoms in total. The van der Waals surface area contributed by atoms with E-state index in [1.165, 1.54) is 10.6 Å². The van der Waals surface area contributed by atoms with Crippen molar-refractivity contribution in [3.05, 3.63) is 0 Å². The summed E-state index contributed by atoms with van der Waals surface area (Å²) in [5.41, 5.74) is 0. The second-order valence-corrected chi connectivity index (χ2v) is 6.64. The molecule has 0 aliphatic carbocycles. The summed E-state index contributed by atoms with van der Waals surface area (Å²) in [6.45, 7) is 13.5. The minimum Gasteiger partial charge on any atom is -0.396 e. The van der Waals surface area contributed by atoms with Crippen molar-refractivity contribution in [1.82, 2.24) is 0 Å². The zero-order valence-corrected chi connectivity index (χ0v) is 12.0. The topological polar surface area (TPSA) is 20.2 Å². The molecule has 0 rings (SSSR count). The summed E-state index contributed by atoms with van der Waals surface area (Å²) in [7, 11) is 0. The van der Waals surface area contributed by atoms with E-state index in [0.717, 1.165) is 27.1 Å². The number of aliphatic hydroxyl groups is 1. The Kier molecular flexibility index (Phi) is 14.0. The normalized spacial score (nSPS) is 10.4. The Morgan fingerprint density at radius 2 is 1.07 bits per heavy atom. The van der Waals surface area contributed by atoms with E-state index in [2.05, 4.69) is 27.7 Å². The number of aliphatic hydroxyl groups excluding tert-OH is 1. The number of rotatable bonds is 5. The molecular formula is C12H28AlO. The number of hydrogen-bond donors (Lipinski definition) is 1. The van der Waals surface area contributed by atoms with Crippen LogP contribution in [0.3, 0.4) is 0 Å². The van der Waals surface area contributed by atoms with Crippen LogP contribution in [-0.2, 0) is 0 Å². The van der Waals surface area contributed by atoms with Gasteiger partial charge in [0.15, 0.2) is 0 Å². The zero-order valence-electron chi connectivity index (χ0n) is 10.9. The van der Waals surface area contributed by atoms with Gasteiger partial charge in [-0.25, -0.2) is 0 Å². The molecule has 0 saturated heterocycles.